The molecule has 0 spiro atoms. The highest BCUT2D eigenvalue weighted by molar-refractivity contribution is 6.73. The summed E-state index contributed by atoms with van der Waals surface area (Å²) < 4.78 is 0. The average Bonchev–Trinajstić information content (AvgIpc) is 1.55. The van der Waals surface area contributed by atoms with Gasteiger partial charge in [0.05, 0.1) is 37.9 Å². The fourth-order valence-corrected chi connectivity index (χ4v) is 11.8. The van der Waals surface area contributed by atoms with Crippen LogP contribution >= 0.6 is 0 Å². The van der Waals surface area contributed by atoms with Crippen LogP contribution in [0, 0.1) is 29.6 Å². The number of carboxylic acid groups (broad SMARTS) is 1. The van der Waals surface area contributed by atoms with E-state index in [1.54, 1.807) is 93.6 Å². The number of aromatic nitrogens is 5. The molecule has 1 aromatic carbocycles. The third-order valence-corrected chi connectivity index (χ3v) is 18.9. The Bertz CT molecular complexity index is 3630. The molecule has 0 aliphatic carbocycles. The molecule has 1 fully saturated rings. The van der Waals surface area contributed by atoms with Gasteiger partial charge in [0.15, 0.2) is 0 Å². The zero-order chi connectivity index (χ0) is 78.5. The third kappa shape index (κ3) is 26.5. The Morgan fingerprint density at radius 1 is 0.491 bits per heavy atom. The number of imidazole rings is 2. The highest BCUT2D eigenvalue weighted by atomic mass is 16.4. The Morgan fingerprint density at radius 3 is 1.44 bits per heavy atom. The molecule has 12 amide bonds. The molecule has 1 saturated heterocycles. The van der Waals surface area contributed by atoms with Crippen molar-refractivity contribution in [1.29, 1.82) is 0 Å². The Balaban J connectivity index is 1.57. The van der Waals surface area contributed by atoms with Gasteiger partial charge < -0.3 is 105 Å². The molecule has 35 nitrogen and oxygen atoms in total. The fourth-order valence-electron chi connectivity index (χ4n) is 11.8. The van der Waals surface area contributed by atoms with E-state index in [0.29, 0.717) is 53.5 Å². The second kappa shape index (κ2) is 42.8. The van der Waals surface area contributed by atoms with Gasteiger partial charge in [-0.2, -0.15) is 0 Å². The number of amides is 12. The van der Waals surface area contributed by atoms with Crippen LogP contribution in [-0.2, 0) is 86.4 Å². The van der Waals surface area contributed by atoms with Gasteiger partial charge in [-0.25, -0.2) is 9.97 Å². The number of benzene rings is 1. The summed E-state index contributed by atoms with van der Waals surface area (Å²) in [6.07, 6.45) is 5.25. The molecule has 20 N–H and O–H groups in total. The molecule has 5 rings (SSSR count). The molecule has 0 bridgehead atoms. The zero-order valence-electron chi connectivity index (χ0n) is 62.2. The van der Waals surface area contributed by atoms with E-state index in [9.17, 15) is 77.3 Å². The first-order valence-electron chi connectivity index (χ1n) is 36.2. The number of carbonyl (C=O) groups excluding carboxylic acids is 13. The molecule has 4 heterocycles. The highest BCUT2D eigenvalue weighted by Gasteiger charge is 2.40. The van der Waals surface area contributed by atoms with Gasteiger partial charge in [0.1, 0.15) is 66.1 Å². The van der Waals surface area contributed by atoms with Gasteiger partial charge >= 0.3 is 5.97 Å². The minimum atomic E-state index is -1.86. The Kier molecular flexibility index (Phi) is 34.9. The Morgan fingerprint density at radius 2 is 0.915 bits per heavy atom. The van der Waals surface area contributed by atoms with E-state index in [-0.39, 0.29) is 38.6 Å². The lowest BCUT2D eigenvalue weighted by Crippen LogP contribution is -2.63. The zero-order valence-corrected chi connectivity index (χ0v) is 62.2. The van der Waals surface area contributed by atoms with Gasteiger partial charge in [0.25, 0.3) is 7.41 Å². The van der Waals surface area contributed by atoms with Gasteiger partial charge in [-0.15, -0.1) is 0 Å². The Hall–Kier alpha value is -10.1. The van der Waals surface area contributed by atoms with E-state index in [1.165, 1.54) is 25.0 Å². The third-order valence-electron chi connectivity index (χ3n) is 18.9. The maximum atomic E-state index is 15.0. The standard InChI is InChI=1S/C70H108BN19O16/c1-12-37(8)56-67(103)83-49(25-41-28-75-45-20-16-15-19-44(41)45)64(100)87-54(35(4)5)65(101)84-50(27-43-30-74-34-78-43)63(99)82-48(26-42-29-73-33-77-42)60(96)71-79-32-52(93)86-57(38(9)13-2)68(104)89-58(39(10)14-3)69(105)88-55(36(6)7)66(102)90-59(40(11)91)70(106)81-47(22-23-53(94)95)62(98)80-46(21-17-18-24-72)61(97)76-31-51(92)85-56/h15-16,19-20,28-30,33-40,46-50,54-59,71,75,79,91H,12-14,17-18,21-27,31-32,72H2,1-11H3,(H,73,77)(H,74,78)(H,76,97)(H,80,98)(H,81,106)(H,82,99)(H,83,103)(H,84,101)(H,85,92)(H,86,93)(H,87,100)(H,88,105)(H,89,104)(H,90,102)(H,94,95)/t37-,38-,39-,40+,46-,47-,48-,49-,50-,54-,55?,56-,57-,58-,59-/m0/s1. The van der Waals surface area contributed by atoms with Crippen LogP contribution in [0.5, 0.6) is 0 Å². The number of nitrogens with two attached hydrogens (primary N) is 1. The van der Waals surface area contributed by atoms with Crippen molar-refractivity contribution >= 4 is 101 Å². The first kappa shape index (κ1) is 86.5. The topological polar surface area (TPSA) is 535 Å². The van der Waals surface area contributed by atoms with Crippen molar-refractivity contribution in [2.75, 3.05) is 19.6 Å². The van der Waals surface area contributed by atoms with E-state index in [0.717, 1.165) is 6.92 Å². The van der Waals surface area contributed by atoms with Crippen molar-refractivity contribution < 1.29 is 77.3 Å². The molecule has 582 valence electrons. The van der Waals surface area contributed by atoms with Crippen molar-refractivity contribution in [2.45, 2.75) is 219 Å². The predicted octanol–water partition coefficient (Wildman–Crippen LogP) is -2.60. The van der Waals surface area contributed by atoms with Crippen LogP contribution < -0.4 is 74.8 Å². The van der Waals surface area contributed by atoms with Gasteiger partial charge in [-0.1, -0.05) is 107 Å². The number of aliphatic hydroxyl groups is 1. The molecule has 4 aromatic rings. The second-order valence-corrected chi connectivity index (χ2v) is 27.9. The maximum Gasteiger partial charge on any atom is 0.303 e. The van der Waals surface area contributed by atoms with Crippen molar-refractivity contribution in [2.24, 2.45) is 35.3 Å². The lowest BCUT2D eigenvalue weighted by Gasteiger charge is -2.31. The lowest BCUT2D eigenvalue weighted by molar-refractivity contribution is -0.139. The van der Waals surface area contributed by atoms with Crippen LogP contribution in [0.4, 0.5) is 0 Å². The van der Waals surface area contributed by atoms with E-state index in [4.69, 9.17) is 5.73 Å². The van der Waals surface area contributed by atoms with Gasteiger partial charge in [-0.3, -0.25) is 62.3 Å². The van der Waals surface area contributed by atoms with Crippen LogP contribution in [0.1, 0.15) is 144 Å². The first-order chi connectivity index (χ1) is 50.3. The minimum absolute atomic E-state index is 0.0902. The molecular formula is C70H108BN19O16. The van der Waals surface area contributed by atoms with E-state index in [2.05, 4.69) is 93.9 Å². The highest BCUT2D eigenvalue weighted by Crippen LogP contribution is 2.21. The smallest absolute Gasteiger partial charge is 0.303 e. The van der Waals surface area contributed by atoms with E-state index < -0.39 is 218 Å². The van der Waals surface area contributed by atoms with E-state index >= 15 is 0 Å². The molecule has 3 aromatic heterocycles. The monoisotopic (exact) mass is 1480 g/mol. The number of hydrogen-bond donors (Lipinski definition) is 19. The number of aliphatic carboxylic acids is 1. The number of aromatic amines is 3. The molecule has 1 aliphatic rings. The number of nitrogens with one attached hydrogen (secondary N) is 16. The number of rotatable bonds is 22. The van der Waals surface area contributed by atoms with Gasteiger partial charge in [-0.05, 0) is 80.4 Å². The van der Waals surface area contributed by atoms with Crippen LogP contribution in [0.25, 0.3) is 10.9 Å². The maximum absolute atomic E-state index is 15.0. The van der Waals surface area contributed by atoms with Crippen LogP contribution in [-0.4, -0.2) is 217 Å². The molecule has 0 saturated carbocycles. The summed E-state index contributed by atoms with van der Waals surface area (Å²) in [6, 6.07) is -8.89. The number of carbonyl (C=O) groups is 14. The number of carboxylic acids is 1. The Labute approximate surface area is 616 Å². The molecular weight excluding hydrogens is 1370 g/mol. The average molecular weight is 1480 g/mol. The van der Waals surface area contributed by atoms with Crippen LogP contribution in [0.2, 0.25) is 0 Å². The summed E-state index contributed by atoms with van der Waals surface area (Å²) in [7, 11) is -0.519. The number of fused-ring (bicyclic) bond motifs is 1. The number of nitrogens with zero attached hydrogens (tertiary/aromatic N) is 2. The number of unbranched alkanes of at least 4 members (excludes halogenated alkanes) is 1. The van der Waals surface area contributed by atoms with Crippen molar-refractivity contribution in [1.82, 2.24) is 93.9 Å². The largest absolute Gasteiger partial charge is 0.481 e. The SMILES string of the molecule is CC[C@H](C)[C@@H]1NC(=O)CNC(=O)[C@H](CCCCN)NC(=O)[C@H](CCC(=O)O)NC(=O)[C@H]([C@@H](C)O)NC(=O)C(C(C)C)NC(=O)[C@H]([C@@H](C)CC)NC(=O)[C@H]([C@@H](C)CC)NC(=O)CNBC(=O)[C@H](Cc2cnc[nH]2)NC(=O)[C@H](Cc2cnc[nH]2)NC(=O)[C@H](C(C)C)NC(=O)[C@H](Cc2c[nH]c3ccccc23)NC1=O. The summed E-state index contributed by atoms with van der Waals surface area (Å²) in [5.41, 5.74) is 7.25. The van der Waals surface area contributed by atoms with Crippen LogP contribution in [0.3, 0.4) is 0 Å². The number of para-hydroxylation sites is 1. The first-order valence-corrected chi connectivity index (χ1v) is 36.2. The van der Waals surface area contributed by atoms with Crippen molar-refractivity contribution in [3.05, 3.63) is 72.5 Å². The molecule has 1 aliphatic heterocycles. The number of H-pyrrole nitrogens is 3. The number of aliphatic hydroxyl groups excluding tert-OH is 1. The quantitative estimate of drug-likeness (QED) is 0.0283. The van der Waals surface area contributed by atoms with Gasteiger partial charge in [0, 0.05) is 66.6 Å². The summed E-state index contributed by atoms with van der Waals surface area (Å²) in [6.45, 7) is 16.7. The van der Waals surface area contributed by atoms with Crippen LogP contribution in [0.15, 0.2) is 55.5 Å². The second-order valence-electron chi connectivity index (χ2n) is 27.9. The van der Waals surface area contributed by atoms with Crippen molar-refractivity contribution in [3.63, 3.8) is 0 Å². The molecule has 15 atom stereocenters. The molecule has 0 radical (unpaired) electrons. The van der Waals surface area contributed by atoms with Gasteiger partial charge in [0.2, 0.25) is 70.9 Å². The summed E-state index contributed by atoms with van der Waals surface area (Å²) in [5.74, 6) is -15.3. The normalized spacial score (nSPS) is 24.9. The minimum Gasteiger partial charge on any atom is -0.481 e. The predicted molar refractivity (Wildman–Crippen MR) is 390 cm³/mol. The molecule has 106 heavy (non-hydrogen) atoms. The lowest BCUT2D eigenvalue weighted by atomic mass is 9.80. The summed E-state index contributed by atoms with van der Waals surface area (Å²) in [4.78, 5) is 216. The van der Waals surface area contributed by atoms with Crippen molar-refractivity contribution in [3.8, 4) is 0 Å². The summed E-state index contributed by atoms with van der Waals surface area (Å²) in [5, 5.41) is 56.0. The summed E-state index contributed by atoms with van der Waals surface area (Å²) >= 11 is 0. The number of hydrogen-bond acceptors (Lipinski definition) is 19. The molecule has 1 unspecified atom stereocenters. The molecule has 36 heteroatoms. The fraction of sp³-hybridized carbons (Fsp3) is 0.600. The van der Waals surface area contributed by atoms with E-state index in [1.807, 2.05) is 6.07 Å².